The van der Waals surface area contributed by atoms with Crippen LogP contribution in [-0.4, -0.2) is 0 Å². The second-order valence-corrected chi connectivity index (χ2v) is 1.88. The summed E-state index contributed by atoms with van der Waals surface area (Å²) in [6.07, 6.45) is 0. The predicted molar refractivity (Wildman–Crippen MR) is 59.3 cm³/mol. The van der Waals surface area contributed by atoms with E-state index in [9.17, 15) is 4.91 Å². The molecule has 1 aromatic carbocycles. The zero-order valence-corrected chi connectivity index (χ0v) is 9.16. The fourth-order valence-electron chi connectivity index (χ4n) is 0.666. The molecule has 0 spiro atoms. The first kappa shape index (κ1) is 14.3. The summed E-state index contributed by atoms with van der Waals surface area (Å²) in [5.41, 5.74) is 1.45. The van der Waals surface area contributed by atoms with Gasteiger partial charge in [0.25, 0.3) is 0 Å². The van der Waals surface area contributed by atoms with Crippen LogP contribution in [0, 0.1) is 11.8 Å². The van der Waals surface area contributed by atoms with Crippen LogP contribution in [0.5, 0.6) is 0 Å². The van der Waals surface area contributed by atoms with Crippen LogP contribution < -0.4 is 0 Å². The van der Waals surface area contributed by atoms with Gasteiger partial charge in [0.2, 0.25) is 0 Å². The summed E-state index contributed by atoms with van der Waals surface area (Å²) in [7, 11) is 0. The normalized spacial score (nSPS) is 7.15. The first-order chi connectivity index (χ1) is 6.34. The van der Waals surface area contributed by atoms with Crippen molar-refractivity contribution in [1.82, 2.24) is 0 Å². The van der Waals surface area contributed by atoms with E-state index in [2.05, 4.69) is 5.18 Å². The number of hydrogen-bond donors (Lipinski definition) is 0. The second-order valence-electron chi connectivity index (χ2n) is 1.88. The van der Waals surface area contributed by atoms with Gasteiger partial charge in [-0.3, -0.25) is 0 Å². The van der Waals surface area contributed by atoms with Gasteiger partial charge in [-0.1, -0.05) is 45.9 Å². The highest BCUT2D eigenvalue weighted by molar-refractivity contribution is 5.44. The van der Waals surface area contributed by atoms with Gasteiger partial charge in [-0.05, 0) is 23.7 Å². The van der Waals surface area contributed by atoms with Crippen molar-refractivity contribution < 1.29 is 0 Å². The Balaban J connectivity index is 0. The highest BCUT2D eigenvalue weighted by Gasteiger charge is 1.91. The van der Waals surface area contributed by atoms with E-state index in [-0.39, 0.29) is 0 Å². The lowest BCUT2D eigenvalue weighted by atomic mass is 10.2. The van der Waals surface area contributed by atoms with Crippen LogP contribution in [0.15, 0.2) is 29.4 Å². The molecular weight excluding hydrogens is 162 g/mol. The summed E-state index contributed by atoms with van der Waals surface area (Å²) < 4.78 is 0. The van der Waals surface area contributed by atoms with E-state index in [1.807, 2.05) is 46.8 Å². The molecular formula is C11H19NO. The van der Waals surface area contributed by atoms with Gasteiger partial charge in [-0.2, -0.15) is 0 Å². The molecule has 74 valence electrons. The van der Waals surface area contributed by atoms with Crippen molar-refractivity contribution in [2.45, 2.75) is 34.6 Å². The first-order valence-corrected chi connectivity index (χ1v) is 4.73. The van der Waals surface area contributed by atoms with Gasteiger partial charge in [0.1, 0.15) is 5.69 Å². The quantitative estimate of drug-likeness (QED) is 0.589. The van der Waals surface area contributed by atoms with Gasteiger partial charge in [-0.15, -0.1) is 4.91 Å². The molecule has 0 aliphatic rings. The molecule has 0 atom stereocenters. The number of aryl methyl sites for hydroxylation is 1. The van der Waals surface area contributed by atoms with Crippen LogP contribution in [-0.2, 0) is 0 Å². The number of hydrogen-bond acceptors (Lipinski definition) is 2. The lowest BCUT2D eigenvalue weighted by Gasteiger charge is -1.90. The molecule has 0 fully saturated rings. The molecule has 0 amide bonds. The third kappa shape index (κ3) is 6.02. The zero-order valence-electron chi connectivity index (χ0n) is 9.16. The summed E-state index contributed by atoms with van der Waals surface area (Å²) in [5.74, 6) is 0. The lowest BCUT2D eigenvalue weighted by molar-refractivity contribution is 1.39. The van der Waals surface area contributed by atoms with Crippen LogP contribution in [0.3, 0.4) is 0 Å². The molecule has 0 N–H and O–H groups in total. The Morgan fingerprint density at radius 1 is 1.00 bits per heavy atom. The molecule has 0 saturated heterocycles. The van der Waals surface area contributed by atoms with Gasteiger partial charge >= 0.3 is 0 Å². The fraction of sp³-hybridized carbons (Fsp3) is 0.455. The molecule has 0 bridgehead atoms. The van der Waals surface area contributed by atoms with Crippen LogP contribution >= 0.6 is 0 Å². The standard InChI is InChI=1S/C7H7NO.2C2H6/c1-6-4-2-3-5-7(6)8-9;2*1-2/h2-5H,1H3;2*1-2H3. The minimum atomic E-state index is 0.525. The molecule has 0 radical (unpaired) electrons. The van der Waals surface area contributed by atoms with Gasteiger partial charge in [0.15, 0.2) is 0 Å². The van der Waals surface area contributed by atoms with Gasteiger partial charge in [0.05, 0.1) is 0 Å². The molecule has 2 nitrogen and oxygen atoms in total. The molecule has 13 heavy (non-hydrogen) atoms. The van der Waals surface area contributed by atoms with E-state index in [1.165, 1.54) is 0 Å². The summed E-state index contributed by atoms with van der Waals surface area (Å²) in [6, 6.07) is 7.23. The molecule has 0 aliphatic carbocycles. The Labute approximate surface area is 81.0 Å². The van der Waals surface area contributed by atoms with Gasteiger partial charge in [-0.25, -0.2) is 0 Å². The topological polar surface area (TPSA) is 29.4 Å². The largest absolute Gasteiger partial charge is 0.145 e. The number of benzene rings is 1. The van der Waals surface area contributed by atoms with Crippen molar-refractivity contribution in [3.8, 4) is 0 Å². The third-order valence-corrected chi connectivity index (χ3v) is 1.21. The van der Waals surface area contributed by atoms with Crippen LogP contribution in [0.25, 0.3) is 0 Å². The van der Waals surface area contributed by atoms with Crippen molar-refractivity contribution in [2.75, 3.05) is 0 Å². The van der Waals surface area contributed by atoms with Crippen molar-refractivity contribution in [2.24, 2.45) is 5.18 Å². The third-order valence-electron chi connectivity index (χ3n) is 1.21. The smallest absolute Gasteiger partial charge is 0.110 e. The second kappa shape index (κ2) is 10.8. The maximum Gasteiger partial charge on any atom is 0.110 e. The Morgan fingerprint density at radius 3 is 1.77 bits per heavy atom. The summed E-state index contributed by atoms with van der Waals surface area (Å²) >= 11 is 0. The van der Waals surface area contributed by atoms with Crippen molar-refractivity contribution in [1.29, 1.82) is 0 Å². The maximum absolute atomic E-state index is 9.98. The van der Waals surface area contributed by atoms with Crippen LogP contribution in [0.4, 0.5) is 5.69 Å². The molecule has 0 aromatic heterocycles. The molecule has 0 saturated carbocycles. The van der Waals surface area contributed by atoms with Gasteiger partial charge in [0, 0.05) is 0 Å². The lowest BCUT2D eigenvalue weighted by Crippen LogP contribution is -1.68. The Bertz CT molecular complexity index is 221. The monoisotopic (exact) mass is 181 g/mol. The van der Waals surface area contributed by atoms with E-state index in [0.29, 0.717) is 5.69 Å². The molecule has 1 aromatic rings. The van der Waals surface area contributed by atoms with E-state index in [4.69, 9.17) is 0 Å². The predicted octanol–water partition coefficient (Wildman–Crippen LogP) is 4.45. The Morgan fingerprint density at radius 2 is 1.46 bits per heavy atom. The SMILES string of the molecule is CC.CC.Cc1ccccc1N=O. The molecule has 1 rings (SSSR count). The average molecular weight is 181 g/mol. The minimum Gasteiger partial charge on any atom is -0.145 e. The minimum absolute atomic E-state index is 0.525. The Kier molecular flexibility index (Phi) is 11.9. The molecule has 2 heteroatoms. The number of rotatable bonds is 1. The number of nitrogens with zero attached hydrogens (tertiary/aromatic N) is 1. The van der Waals surface area contributed by atoms with E-state index < -0.39 is 0 Å². The van der Waals surface area contributed by atoms with E-state index in [0.717, 1.165) is 5.56 Å². The average Bonchev–Trinajstić information content (AvgIpc) is 2.24. The van der Waals surface area contributed by atoms with Crippen molar-refractivity contribution in [3.63, 3.8) is 0 Å². The summed E-state index contributed by atoms with van der Waals surface area (Å²) in [5, 5.41) is 2.82. The van der Waals surface area contributed by atoms with Crippen LogP contribution in [0.1, 0.15) is 33.3 Å². The van der Waals surface area contributed by atoms with Gasteiger partial charge < -0.3 is 0 Å². The van der Waals surface area contributed by atoms with Crippen LogP contribution in [0.2, 0.25) is 0 Å². The zero-order chi connectivity index (χ0) is 10.7. The highest BCUT2D eigenvalue weighted by Crippen LogP contribution is 2.15. The van der Waals surface area contributed by atoms with Crippen molar-refractivity contribution in [3.05, 3.63) is 34.7 Å². The van der Waals surface area contributed by atoms with E-state index in [1.54, 1.807) is 12.1 Å². The fourth-order valence-corrected chi connectivity index (χ4v) is 0.666. The molecule has 0 unspecified atom stereocenters. The highest BCUT2D eigenvalue weighted by atomic mass is 16.3. The summed E-state index contributed by atoms with van der Waals surface area (Å²) in [4.78, 5) is 9.98. The summed E-state index contributed by atoms with van der Waals surface area (Å²) in [6.45, 7) is 9.86. The van der Waals surface area contributed by atoms with E-state index >= 15 is 0 Å². The molecule has 0 aliphatic heterocycles. The first-order valence-electron chi connectivity index (χ1n) is 4.73. The maximum atomic E-state index is 9.98. The van der Waals surface area contributed by atoms with Crippen molar-refractivity contribution >= 4 is 5.69 Å². The number of nitroso groups, excluding NO2 is 1. The Hall–Kier alpha value is -1.18. The molecule has 0 heterocycles.